The van der Waals surface area contributed by atoms with E-state index < -0.39 is 74.5 Å². The Hall–Kier alpha value is -1.84. The lowest BCUT2D eigenvalue weighted by Crippen LogP contribution is -2.37. The Bertz CT molecular complexity index is 1100. The van der Waals surface area contributed by atoms with Gasteiger partial charge >= 0.3 is 19.4 Å². The van der Waals surface area contributed by atoms with Crippen LogP contribution in [0, 0.1) is 11.3 Å². The van der Waals surface area contributed by atoms with Crippen molar-refractivity contribution in [3.63, 3.8) is 0 Å². The first kappa shape index (κ1) is 33.4. The van der Waals surface area contributed by atoms with Crippen LogP contribution >= 0.6 is 19.5 Å². The molecule has 2 rings (SSSR count). The summed E-state index contributed by atoms with van der Waals surface area (Å²) < 4.78 is 36.6. The molecule has 0 aliphatic carbocycles. The largest absolute Gasteiger partial charge is 0.462 e. The standard InChI is InChI=1S/C23H39N4O10PS/c1-13(2)36-20(30)14(3)26-38(33,34-9-10-39-21(31)23(4,5)6)35-12-16-15(11-28)18(29)19(37-16)27-8-7-17(24)25-22(27)32/h7-8,13-16,18-19,28-29H,9-12H2,1-6H3,(H,26,33)(H2,24,25,32)/t14-,15-,16-,18-,19-,38?/m1/s1. The minimum absolute atomic E-state index is 0.0148. The molecular formula is C23H39N4O10PS. The van der Waals surface area contributed by atoms with Crippen molar-refractivity contribution in [2.24, 2.45) is 11.3 Å². The Morgan fingerprint density at radius 2 is 1.97 bits per heavy atom. The Labute approximate surface area is 231 Å². The van der Waals surface area contributed by atoms with E-state index in [-0.39, 0.29) is 23.3 Å². The number of nitrogens with zero attached hydrogens (tertiary/aromatic N) is 2. The van der Waals surface area contributed by atoms with Crippen LogP contribution < -0.4 is 16.5 Å². The van der Waals surface area contributed by atoms with Crippen LogP contribution in [0.3, 0.4) is 0 Å². The van der Waals surface area contributed by atoms with Gasteiger partial charge < -0.3 is 25.4 Å². The summed E-state index contributed by atoms with van der Waals surface area (Å²) in [5, 5.41) is 23.0. The molecular weight excluding hydrogens is 555 g/mol. The van der Waals surface area contributed by atoms with Crippen LogP contribution in [0.15, 0.2) is 17.1 Å². The quantitative estimate of drug-likeness (QED) is 0.143. The number of aromatic nitrogens is 2. The monoisotopic (exact) mass is 594 g/mol. The summed E-state index contributed by atoms with van der Waals surface area (Å²) in [6, 6.07) is 0.263. The normalized spacial score (nSPS) is 23.9. The van der Waals surface area contributed by atoms with Gasteiger partial charge in [-0.05, 0) is 26.8 Å². The molecule has 222 valence electrons. The Morgan fingerprint density at radius 1 is 1.31 bits per heavy atom. The van der Waals surface area contributed by atoms with Gasteiger partial charge in [-0.15, -0.1) is 0 Å². The van der Waals surface area contributed by atoms with E-state index in [9.17, 15) is 29.2 Å². The van der Waals surface area contributed by atoms with Crippen LogP contribution in [-0.4, -0.2) is 80.8 Å². The second-order valence-corrected chi connectivity index (χ2v) is 13.1. The molecule has 1 aromatic rings. The van der Waals surface area contributed by atoms with E-state index in [1.807, 2.05) is 0 Å². The van der Waals surface area contributed by atoms with Crippen molar-refractivity contribution in [2.45, 2.75) is 72.1 Å². The zero-order valence-corrected chi connectivity index (χ0v) is 24.6. The van der Waals surface area contributed by atoms with E-state index in [1.165, 1.54) is 19.2 Å². The number of carbonyl (C=O) groups excluding carboxylic acids is 2. The van der Waals surface area contributed by atoms with E-state index in [2.05, 4.69) is 10.1 Å². The minimum Gasteiger partial charge on any atom is -0.462 e. The molecule has 16 heteroatoms. The number of nitrogens with two attached hydrogens (primary N) is 1. The van der Waals surface area contributed by atoms with E-state index in [4.69, 9.17) is 24.3 Å². The molecule has 0 saturated carbocycles. The van der Waals surface area contributed by atoms with Gasteiger partial charge in [0.05, 0.1) is 32.0 Å². The van der Waals surface area contributed by atoms with E-state index >= 15 is 0 Å². The molecule has 39 heavy (non-hydrogen) atoms. The number of aliphatic hydroxyl groups is 2. The van der Waals surface area contributed by atoms with Gasteiger partial charge in [-0.1, -0.05) is 32.5 Å². The summed E-state index contributed by atoms with van der Waals surface area (Å²) in [6.45, 7) is 8.93. The third-order valence-corrected chi connectivity index (χ3v) is 8.48. The average molecular weight is 595 g/mol. The number of ether oxygens (including phenoxy) is 2. The maximum atomic E-state index is 13.6. The highest BCUT2D eigenvalue weighted by Gasteiger charge is 2.46. The van der Waals surface area contributed by atoms with Crippen molar-refractivity contribution in [1.29, 1.82) is 0 Å². The average Bonchev–Trinajstić information content (AvgIpc) is 3.14. The predicted molar refractivity (Wildman–Crippen MR) is 144 cm³/mol. The van der Waals surface area contributed by atoms with Crippen molar-refractivity contribution < 1.29 is 42.9 Å². The Kier molecular flexibility index (Phi) is 12.1. The molecule has 14 nitrogen and oxygen atoms in total. The van der Waals surface area contributed by atoms with Crippen molar-refractivity contribution in [1.82, 2.24) is 14.6 Å². The van der Waals surface area contributed by atoms with Crippen LogP contribution in [0.25, 0.3) is 0 Å². The molecule has 5 N–H and O–H groups in total. The number of aliphatic hydroxyl groups excluding tert-OH is 2. The fourth-order valence-corrected chi connectivity index (χ4v) is 5.83. The van der Waals surface area contributed by atoms with Crippen molar-refractivity contribution in [3.05, 3.63) is 22.7 Å². The molecule has 0 radical (unpaired) electrons. The maximum absolute atomic E-state index is 13.6. The van der Waals surface area contributed by atoms with Crippen LogP contribution in [0.2, 0.25) is 0 Å². The highest BCUT2D eigenvalue weighted by atomic mass is 32.2. The van der Waals surface area contributed by atoms with Gasteiger partial charge in [-0.3, -0.25) is 23.2 Å². The van der Waals surface area contributed by atoms with E-state index in [0.29, 0.717) is 0 Å². The number of anilines is 1. The van der Waals surface area contributed by atoms with Gasteiger partial charge in [0.2, 0.25) is 0 Å². The van der Waals surface area contributed by atoms with Crippen LogP contribution in [-0.2, 0) is 32.7 Å². The van der Waals surface area contributed by atoms with Crippen molar-refractivity contribution >= 4 is 36.4 Å². The summed E-state index contributed by atoms with van der Waals surface area (Å²) in [6.07, 6.45) is -2.69. The summed E-state index contributed by atoms with van der Waals surface area (Å²) in [4.78, 5) is 40.4. The van der Waals surface area contributed by atoms with Crippen LogP contribution in [0.4, 0.5) is 5.82 Å². The Morgan fingerprint density at radius 3 is 2.54 bits per heavy atom. The number of carbonyl (C=O) groups is 2. The molecule has 1 aromatic heterocycles. The highest BCUT2D eigenvalue weighted by Crippen LogP contribution is 2.46. The van der Waals surface area contributed by atoms with Crippen molar-refractivity contribution in [3.8, 4) is 0 Å². The number of esters is 1. The smallest absolute Gasteiger partial charge is 0.406 e. The fourth-order valence-electron chi connectivity index (χ4n) is 3.45. The third-order valence-electron chi connectivity index (χ3n) is 5.52. The molecule has 6 atom stereocenters. The number of hydrogen-bond acceptors (Lipinski definition) is 13. The molecule has 2 heterocycles. The molecule has 1 fully saturated rings. The predicted octanol–water partition coefficient (Wildman–Crippen LogP) is 1.07. The molecule has 0 spiro atoms. The lowest BCUT2D eigenvalue weighted by Gasteiger charge is -2.25. The summed E-state index contributed by atoms with van der Waals surface area (Å²) in [5.41, 5.74) is 4.18. The highest BCUT2D eigenvalue weighted by molar-refractivity contribution is 8.13. The fraction of sp³-hybridized carbons (Fsp3) is 0.739. The maximum Gasteiger partial charge on any atom is 0.406 e. The third kappa shape index (κ3) is 9.64. The molecule has 1 unspecified atom stereocenters. The second-order valence-electron chi connectivity index (χ2n) is 10.3. The lowest BCUT2D eigenvalue weighted by molar-refractivity contribution is -0.149. The topological polar surface area (TPSA) is 202 Å². The first-order valence-electron chi connectivity index (χ1n) is 12.4. The number of hydrogen-bond donors (Lipinski definition) is 4. The summed E-state index contributed by atoms with van der Waals surface area (Å²) in [7, 11) is -4.21. The summed E-state index contributed by atoms with van der Waals surface area (Å²) >= 11 is 1.01. The zero-order chi connectivity index (χ0) is 29.5. The van der Waals surface area contributed by atoms with Gasteiger partial charge in [0.25, 0.3) is 0 Å². The van der Waals surface area contributed by atoms with Gasteiger partial charge in [0, 0.05) is 23.3 Å². The first-order chi connectivity index (χ1) is 18.1. The van der Waals surface area contributed by atoms with E-state index in [0.717, 1.165) is 16.3 Å². The molecule has 0 bridgehead atoms. The van der Waals surface area contributed by atoms with Crippen LogP contribution in [0.5, 0.6) is 0 Å². The molecule has 0 amide bonds. The zero-order valence-electron chi connectivity index (χ0n) is 22.9. The number of nitrogens with one attached hydrogen (secondary N) is 1. The van der Waals surface area contributed by atoms with Crippen molar-refractivity contribution in [2.75, 3.05) is 31.3 Å². The number of rotatable bonds is 13. The number of nitrogen functional groups attached to an aromatic ring is 1. The second kappa shape index (κ2) is 14.2. The SMILES string of the molecule is CC(C)OC(=O)[C@@H](C)NP(=O)(OCCSC(=O)C(C)(C)C)OC[C@H]1O[C@@H](n2ccc(N)nc2=O)[C@H](O)[C@@H]1CO. The molecule has 1 saturated heterocycles. The van der Waals surface area contributed by atoms with Gasteiger partial charge in [0.1, 0.15) is 18.0 Å². The summed E-state index contributed by atoms with van der Waals surface area (Å²) in [5.74, 6) is -1.45. The van der Waals surface area contributed by atoms with Gasteiger partial charge in [0.15, 0.2) is 11.3 Å². The van der Waals surface area contributed by atoms with E-state index in [1.54, 1.807) is 34.6 Å². The van der Waals surface area contributed by atoms with Gasteiger partial charge in [-0.25, -0.2) is 14.4 Å². The Balaban J connectivity index is 2.15. The lowest BCUT2D eigenvalue weighted by atomic mass is 9.99. The molecule has 0 aromatic carbocycles. The van der Waals surface area contributed by atoms with Crippen LogP contribution in [0.1, 0.15) is 47.8 Å². The molecule has 1 aliphatic heterocycles. The van der Waals surface area contributed by atoms with Gasteiger partial charge in [-0.2, -0.15) is 4.98 Å². The molecule has 1 aliphatic rings. The first-order valence-corrected chi connectivity index (χ1v) is 14.9. The number of thioether (sulfide) groups is 1. The minimum atomic E-state index is -4.21.